The smallest absolute Gasteiger partial charge is 0.322 e. The van der Waals surface area contributed by atoms with Gasteiger partial charge in [0.15, 0.2) is 5.78 Å². The van der Waals surface area contributed by atoms with E-state index in [1.165, 1.54) is 6.21 Å². The van der Waals surface area contributed by atoms with E-state index in [1.54, 1.807) is 0 Å². The minimum atomic E-state index is -1.15. The summed E-state index contributed by atoms with van der Waals surface area (Å²) in [5, 5.41) is 20.7. The molecular weight excluding hydrogens is 312 g/mol. The Morgan fingerprint density at radius 2 is 1.96 bits per heavy atom. The zero-order chi connectivity index (χ0) is 17.5. The van der Waals surface area contributed by atoms with Gasteiger partial charge in [0.1, 0.15) is 18.8 Å². The van der Waals surface area contributed by atoms with Gasteiger partial charge in [-0.1, -0.05) is 30.3 Å². The molecule has 0 aromatic heterocycles. The van der Waals surface area contributed by atoms with Gasteiger partial charge in [0, 0.05) is 19.1 Å². The number of aliphatic imine (C=N–C) groups is 1. The summed E-state index contributed by atoms with van der Waals surface area (Å²) >= 11 is 0. The van der Waals surface area contributed by atoms with Crippen LogP contribution in [0.3, 0.4) is 0 Å². The molecule has 1 unspecified atom stereocenters. The van der Waals surface area contributed by atoms with Gasteiger partial charge in [-0.2, -0.15) is 0 Å². The molecule has 0 fully saturated rings. The number of carboxylic acids is 1. The largest absolute Gasteiger partial charge is 0.511 e. The molecule has 24 heavy (non-hydrogen) atoms. The summed E-state index contributed by atoms with van der Waals surface area (Å²) in [4.78, 5) is 37.7. The Morgan fingerprint density at radius 3 is 2.58 bits per heavy atom. The number of carboxylic acid groups (broad SMARTS) is 1. The predicted molar refractivity (Wildman–Crippen MR) is 87.1 cm³/mol. The lowest BCUT2D eigenvalue weighted by Crippen LogP contribution is -2.31. The van der Waals surface area contributed by atoms with Crippen LogP contribution in [0.1, 0.15) is 24.3 Å². The highest BCUT2D eigenvalue weighted by molar-refractivity contribution is 6.14. The van der Waals surface area contributed by atoms with Crippen LogP contribution in [0.5, 0.6) is 0 Å². The number of carbonyl (C=O) groups excluding carboxylic acids is 2. The number of hydrogen-bond donors (Lipinski definition) is 3. The first-order valence-electron chi connectivity index (χ1n) is 7.46. The number of rotatable bonds is 6. The first kappa shape index (κ1) is 17.4. The monoisotopic (exact) mass is 330 g/mol. The second kappa shape index (κ2) is 8.05. The van der Waals surface area contributed by atoms with Gasteiger partial charge in [0.2, 0.25) is 5.91 Å². The maximum absolute atomic E-state index is 12.2. The quantitative estimate of drug-likeness (QED) is 0.678. The summed E-state index contributed by atoms with van der Waals surface area (Å²) in [6.07, 6.45) is 1.78. The van der Waals surface area contributed by atoms with E-state index in [0.717, 1.165) is 5.56 Å². The zero-order valence-corrected chi connectivity index (χ0v) is 12.9. The number of allylic oxidation sites excluding steroid dienone is 2. The van der Waals surface area contributed by atoms with Gasteiger partial charge in [-0.3, -0.25) is 19.4 Å². The van der Waals surface area contributed by atoms with Crippen molar-refractivity contribution in [2.75, 3.05) is 13.1 Å². The van der Waals surface area contributed by atoms with Crippen LogP contribution in [-0.4, -0.2) is 47.2 Å². The normalized spacial score (nSPS) is 18.0. The van der Waals surface area contributed by atoms with Crippen molar-refractivity contribution in [2.45, 2.75) is 18.8 Å². The van der Waals surface area contributed by atoms with E-state index in [0.29, 0.717) is 6.42 Å². The Hall–Kier alpha value is -2.96. The average molecular weight is 330 g/mol. The van der Waals surface area contributed by atoms with Crippen molar-refractivity contribution in [3.63, 3.8) is 0 Å². The Labute approximate surface area is 138 Å². The van der Waals surface area contributed by atoms with Crippen LogP contribution in [0, 0.1) is 0 Å². The molecule has 0 heterocycles. The number of nitrogens with zero attached hydrogens (tertiary/aromatic N) is 1. The molecule has 1 aliphatic carbocycles. The van der Waals surface area contributed by atoms with Gasteiger partial charge >= 0.3 is 5.97 Å². The number of aliphatic carboxylic acids is 1. The molecule has 1 amide bonds. The lowest BCUT2D eigenvalue weighted by molar-refractivity contribution is -0.137. The molecule has 3 N–H and O–H groups in total. The Kier molecular flexibility index (Phi) is 5.83. The molecule has 0 bridgehead atoms. The Balaban J connectivity index is 1.98. The summed E-state index contributed by atoms with van der Waals surface area (Å²) in [5.41, 5.74) is 1.09. The predicted octanol–water partition coefficient (Wildman–Crippen LogP) is 1.22. The number of nitrogens with one attached hydrogen (secondary N) is 1. The van der Waals surface area contributed by atoms with Crippen molar-refractivity contribution >= 4 is 23.9 Å². The lowest BCUT2D eigenvalue weighted by atomic mass is 9.83. The van der Waals surface area contributed by atoms with Crippen molar-refractivity contribution in [3.05, 3.63) is 47.2 Å². The van der Waals surface area contributed by atoms with Gasteiger partial charge in [0.25, 0.3) is 0 Å². The minimum absolute atomic E-state index is 0.0465. The number of aliphatic hydroxyl groups is 1. The fraction of sp³-hybridized carbons (Fsp3) is 0.294. The third-order valence-corrected chi connectivity index (χ3v) is 3.65. The van der Waals surface area contributed by atoms with E-state index in [2.05, 4.69) is 10.3 Å². The summed E-state index contributed by atoms with van der Waals surface area (Å²) in [6, 6.07) is 9.48. The molecule has 1 aliphatic rings. The molecule has 0 saturated heterocycles. The van der Waals surface area contributed by atoms with E-state index < -0.39 is 18.4 Å². The number of carbonyl (C=O) groups is 3. The van der Waals surface area contributed by atoms with Crippen LogP contribution in [0.4, 0.5) is 0 Å². The average Bonchev–Trinajstić information content (AvgIpc) is 2.56. The number of Topliss-reactive ketones (excluding diaryl/α,β-unsaturated/α-hetero) is 1. The maximum atomic E-state index is 12.2. The highest BCUT2D eigenvalue weighted by Gasteiger charge is 2.27. The van der Waals surface area contributed by atoms with Crippen LogP contribution < -0.4 is 5.32 Å². The minimum Gasteiger partial charge on any atom is -0.511 e. The van der Waals surface area contributed by atoms with Crippen LogP contribution in [-0.2, 0) is 14.4 Å². The fourth-order valence-electron chi connectivity index (χ4n) is 2.47. The van der Waals surface area contributed by atoms with E-state index in [-0.39, 0.29) is 36.0 Å². The maximum Gasteiger partial charge on any atom is 0.322 e. The Bertz CT molecular complexity index is 694. The number of benzene rings is 1. The molecule has 7 nitrogen and oxygen atoms in total. The van der Waals surface area contributed by atoms with Crippen LogP contribution in [0.2, 0.25) is 0 Å². The van der Waals surface area contributed by atoms with Gasteiger partial charge in [-0.25, -0.2) is 0 Å². The van der Waals surface area contributed by atoms with Gasteiger partial charge in [-0.15, -0.1) is 0 Å². The van der Waals surface area contributed by atoms with Crippen LogP contribution in [0.15, 0.2) is 46.7 Å². The summed E-state index contributed by atoms with van der Waals surface area (Å²) < 4.78 is 0. The molecule has 1 aromatic carbocycles. The number of aliphatic hydroxyl groups excluding tert-OH is 1. The summed E-state index contributed by atoms with van der Waals surface area (Å²) in [7, 11) is 0. The highest BCUT2D eigenvalue weighted by atomic mass is 16.4. The molecule has 2 rings (SSSR count). The van der Waals surface area contributed by atoms with Crippen molar-refractivity contribution in [2.24, 2.45) is 4.99 Å². The topological polar surface area (TPSA) is 116 Å². The van der Waals surface area contributed by atoms with Gasteiger partial charge < -0.3 is 15.5 Å². The molecule has 1 aromatic rings. The third kappa shape index (κ3) is 4.77. The van der Waals surface area contributed by atoms with Crippen molar-refractivity contribution < 1.29 is 24.6 Å². The van der Waals surface area contributed by atoms with E-state index in [9.17, 15) is 19.5 Å². The SMILES string of the molecule is O=C(O)CNC(=O)CN=CC1=C(O)CC(c2ccccc2)CC1=O. The summed E-state index contributed by atoms with van der Waals surface area (Å²) in [5.74, 6) is -2.08. The number of amides is 1. The first-order chi connectivity index (χ1) is 11.5. The molecule has 0 saturated carbocycles. The molecule has 0 aliphatic heterocycles. The first-order valence-corrected chi connectivity index (χ1v) is 7.46. The molecule has 1 atom stereocenters. The highest BCUT2D eigenvalue weighted by Crippen LogP contribution is 2.32. The third-order valence-electron chi connectivity index (χ3n) is 3.65. The Morgan fingerprint density at radius 1 is 1.25 bits per heavy atom. The van der Waals surface area contributed by atoms with E-state index in [1.807, 2.05) is 30.3 Å². The zero-order valence-electron chi connectivity index (χ0n) is 12.9. The molecule has 126 valence electrons. The molecule has 7 heteroatoms. The standard InChI is InChI=1S/C17H18N2O5/c20-14-6-12(11-4-2-1-3-5-11)7-15(21)13(14)8-18-9-16(22)19-10-17(23)24/h1-5,8,12,20H,6-7,9-10H2,(H,19,22)(H,23,24). The van der Waals surface area contributed by atoms with E-state index in [4.69, 9.17) is 5.11 Å². The molecular formula is C17H18N2O5. The van der Waals surface area contributed by atoms with Crippen LogP contribution in [0.25, 0.3) is 0 Å². The fourth-order valence-corrected chi connectivity index (χ4v) is 2.47. The van der Waals surface area contributed by atoms with Crippen molar-refractivity contribution in [3.8, 4) is 0 Å². The lowest BCUT2D eigenvalue weighted by Gasteiger charge is -2.22. The number of ketones is 1. The summed E-state index contributed by atoms with van der Waals surface area (Å²) in [6.45, 7) is -0.792. The van der Waals surface area contributed by atoms with Gasteiger partial charge in [0.05, 0.1) is 5.57 Å². The molecule has 0 spiro atoms. The van der Waals surface area contributed by atoms with Crippen molar-refractivity contribution in [1.82, 2.24) is 5.32 Å². The van der Waals surface area contributed by atoms with Crippen molar-refractivity contribution in [1.29, 1.82) is 0 Å². The second-order valence-electron chi connectivity index (χ2n) is 5.44. The van der Waals surface area contributed by atoms with E-state index >= 15 is 0 Å². The van der Waals surface area contributed by atoms with Gasteiger partial charge in [-0.05, 0) is 11.5 Å². The second-order valence-corrected chi connectivity index (χ2v) is 5.44. The molecule has 0 radical (unpaired) electrons. The van der Waals surface area contributed by atoms with Crippen LogP contribution >= 0.6 is 0 Å². The number of hydrogen-bond acceptors (Lipinski definition) is 5.